The summed E-state index contributed by atoms with van der Waals surface area (Å²) in [6, 6.07) is 18.8. The van der Waals surface area contributed by atoms with Gasteiger partial charge in [-0.15, -0.1) is 0 Å². The molecule has 114 valence electrons. The summed E-state index contributed by atoms with van der Waals surface area (Å²) >= 11 is 0. The third-order valence-electron chi connectivity index (χ3n) is 3.50. The maximum atomic E-state index is 12.3. The number of allylic oxidation sites excluding steroid dienone is 2. The Balaban J connectivity index is 1.71. The average molecular weight is 304 g/mol. The molecule has 1 N–H and O–H groups in total. The van der Waals surface area contributed by atoms with Crippen LogP contribution in [0.15, 0.2) is 78.5 Å². The van der Waals surface area contributed by atoms with Crippen LogP contribution in [-0.4, -0.2) is 16.8 Å². The molecule has 3 amide bonds. The molecule has 3 rings (SSSR count). The van der Waals surface area contributed by atoms with E-state index in [9.17, 15) is 9.59 Å². The van der Waals surface area contributed by atoms with Gasteiger partial charge in [-0.1, -0.05) is 72.8 Å². The fourth-order valence-corrected chi connectivity index (χ4v) is 2.32. The van der Waals surface area contributed by atoms with Crippen molar-refractivity contribution in [2.75, 3.05) is 0 Å². The zero-order valence-corrected chi connectivity index (χ0v) is 12.5. The maximum Gasteiger partial charge on any atom is 0.329 e. The predicted molar refractivity (Wildman–Crippen MR) is 89.1 cm³/mol. The highest BCUT2D eigenvalue weighted by Crippen LogP contribution is 2.14. The van der Waals surface area contributed by atoms with E-state index in [0.29, 0.717) is 0 Å². The van der Waals surface area contributed by atoms with Crippen LogP contribution < -0.4 is 5.32 Å². The molecule has 23 heavy (non-hydrogen) atoms. The van der Waals surface area contributed by atoms with Crippen LogP contribution in [0.4, 0.5) is 4.79 Å². The molecule has 4 nitrogen and oxygen atoms in total. The van der Waals surface area contributed by atoms with Crippen molar-refractivity contribution in [3.8, 4) is 0 Å². The van der Waals surface area contributed by atoms with Crippen LogP contribution in [0.3, 0.4) is 0 Å². The van der Waals surface area contributed by atoms with Gasteiger partial charge >= 0.3 is 6.03 Å². The molecular weight excluding hydrogens is 288 g/mol. The summed E-state index contributed by atoms with van der Waals surface area (Å²) in [4.78, 5) is 25.5. The highest BCUT2D eigenvalue weighted by atomic mass is 16.2. The molecular formula is C19H16N2O2. The number of rotatable bonds is 4. The predicted octanol–water partition coefficient (Wildman–Crippen LogP) is 3.34. The van der Waals surface area contributed by atoms with E-state index in [4.69, 9.17) is 0 Å². The molecule has 0 aromatic heterocycles. The lowest BCUT2D eigenvalue weighted by molar-refractivity contribution is -0.123. The number of amides is 3. The van der Waals surface area contributed by atoms with Crippen molar-refractivity contribution in [3.63, 3.8) is 0 Å². The average Bonchev–Trinajstić information content (AvgIpc) is 2.85. The number of carbonyl (C=O) groups excluding carboxylic acids is 2. The number of urea groups is 1. The molecule has 1 aliphatic heterocycles. The van der Waals surface area contributed by atoms with Crippen LogP contribution >= 0.6 is 0 Å². The van der Waals surface area contributed by atoms with Crippen molar-refractivity contribution < 1.29 is 9.59 Å². The van der Waals surface area contributed by atoms with Crippen LogP contribution in [0, 0.1) is 0 Å². The third kappa shape index (κ3) is 3.55. The SMILES string of the molecule is O=C1N/C(=C/C=C\c2ccccc2)C(=O)N1Cc1ccccc1. The second-order valence-corrected chi connectivity index (χ2v) is 5.16. The Morgan fingerprint density at radius 1 is 0.913 bits per heavy atom. The summed E-state index contributed by atoms with van der Waals surface area (Å²) in [5.41, 5.74) is 2.23. The van der Waals surface area contributed by atoms with E-state index in [0.717, 1.165) is 11.1 Å². The van der Waals surface area contributed by atoms with E-state index in [2.05, 4.69) is 5.32 Å². The number of nitrogens with zero attached hydrogens (tertiary/aromatic N) is 1. The second-order valence-electron chi connectivity index (χ2n) is 5.16. The molecule has 0 radical (unpaired) electrons. The van der Waals surface area contributed by atoms with Gasteiger partial charge in [0.2, 0.25) is 0 Å². The molecule has 0 unspecified atom stereocenters. The van der Waals surface area contributed by atoms with E-state index in [1.165, 1.54) is 4.90 Å². The summed E-state index contributed by atoms with van der Waals surface area (Å²) in [6.45, 7) is 0.269. The molecule has 1 aliphatic rings. The normalized spacial score (nSPS) is 16.3. The minimum absolute atomic E-state index is 0.269. The molecule has 0 atom stereocenters. The Morgan fingerprint density at radius 3 is 2.26 bits per heavy atom. The molecule has 0 spiro atoms. The zero-order chi connectivity index (χ0) is 16.1. The Hall–Kier alpha value is -3.14. The molecule has 2 aromatic rings. The summed E-state index contributed by atoms with van der Waals surface area (Å²) < 4.78 is 0. The number of carbonyl (C=O) groups is 2. The maximum absolute atomic E-state index is 12.3. The van der Waals surface area contributed by atoms with E-state index in [1.807, 2.05) is 66.7 Å². The van der Waals surface area contributed by atoms with Crippen molar-refractivity contribution in [2.45, 2.75) is 6.54 Å². The van der Waals surface area contributed by atoms with Gasteiger partial charge in [-0.2, -0.15) is 0 Å². The lowest BCUT2D eigenvalue weighted by Gasteiger charge is -2.11. The molecule has 4 heteroatoms. The van der Waals surface area contributed by atoms with Gasteiger partial charge in [-0.05, 0) is 17.2 Å². The Bertz CT molecular complexity index is 764. The molecule has 1 heterocycles. The number of hydrogen-bond donors (Lipinski definition) is 1. The van der Waals surface area contributed by atoms with Crippen LogP contribution in [0.25, 0.3) is 6.08 Å². The lowest BCUT2D eigenvalue weighted by Crippen LogP contribution is -2.30. The van der Waals surface area contributed by atoms with Crippen LogP contribution in [0.5, 0.6) is 0 Å². The molecule has 0 bridgehead atoms. The van der Waals surface area contributed by atoms with Gasteiger partial charge in [-0.25, -0.2) is 4.79 Å². The standard InChI is InChI=1S/C19H16N2O2/c22-18-17(13-7-12-15-8-3-1-4-9-15)20-19(23)21(18)14-16-10-5-2-6-11-16/h1-13H,14H2,(H,20,23)/b12-7-,17-13+. The van der Waals surface area contributed by atoms with Gasteiger partial charge in [0.25, 0.3) is 5.91 Å². The van der Waals surface area contributed by atoms with E-state index >= 15 is 0 Å². The molecule has 0 saturated carbocycles. The van der Waals surface area contributed by atoms with Crippen molar-refractivity contribution >= 4 is 18.0 Å². The molecule has 1 fully saturated rings. The van der Waals surface area contributed by atoms with Crippen molar-refractivity contribution in [1.29, 1.82) is 0 Å². The van der Waals surface area contributed by atoms with Gasteiger partial charge in [0, 0.05) is 0 Å². The Labute approximate surface area is 134 Å². The number of benzene rings is 2. The first kappa shape index (κ1) is 14.8. The first-order valence-corrected chi connectivity index (χ1v) is 7.34. The minimum Gasteiger partial charge on any atom is -0.303 e. The van der Waals surface area contributed by atoms with Crippen LogP contribution in [0.1, 0.15) is 11.1 Å². The minimum atomic E-state index is -0.391. The number of nitrogens with one attached hydrogen (secondary N) is 1. The number of imide groups is 1. The fraction of sp³-hybridized carbons (Fsp3) is 0.0526. The number of hydrogen-bond acceptors (Lipinski definition) is 2. The fourth-order valence-electron chi connectivity index (χ4n) is 2.32. The van der Waals surface area contributed by atoms with Crippen LogP contribution in [0.2, 0.25) is 0 Å². The van der Waals surface area contributed by atoms with Crippen LogP contribution in [-0.2, 0) is 11.3 Å². The van der Waals surface area contributed by atoms with Gasteiger partial charge in [0.05, 0.1) is 6.54 Å². The third-order valence-corrected chi connectivity index (χ3v) is 3.50. The summed E-state index contributed by atoms with van der Waals surface area (Å²) in [5, 5.41) is 2.61. The van der Waals surface area contributed by atoms with E-state index < -0.39 is 6.03 Å². The van der Waals surface area contributed by atoms with Gasteiger partial charge in [0.1, 0.15) is 5.70 Å². The quantitative estimate of drug-likeness (QED) is 0.695. The molecule has 1 saturated heterocycles. The molecule has 0 aliphatic carbocycles. The zero-order valence-electron chi connectivity index (χ0n) is 12.5. The highest BCUT2D eigenvalue weighted by Gasteiger charge is 2.32. The first-order valence-electron chi connectivity index (χ1n) is 7.34. The lowest BCUT2D eigenvalue weighted by atomic mass is 10.2. The van der Waals surface area contributed by atoms with Crippen molar-refractivity contribution in [2.24, 2.45) is 0 Å². The highest BCUT2D eigenvalue weighted by molar-refractivity contribution is 6.11. The second kappa shape index (κ2) is 6.75. The Morgan fingerprint density at radius 2 is 1.57 bits per heavy atom. The first-order chi connectivity index (χ1) is 11.2. The molecule has 2 aromatic carbocycles. The monoisotopic (exact) mass is 304 g/mol. The van der Waals surface area contributed by atoms with Crippen molar-refractivity contribution in [1.82, 2.24) is 10.2 Å². The Kier molecular flexibility index (Phi) is 4.34. The van der Waals surface area contributed by atoms with Gasteiger partial charge in [-0.3, -0.25) is 9.69 Å². The topological polar surface area (TPSA) is 49.4 Å². The van der Waals surface area contributed by atoms with Gasteiger partial charge < -0.3 is 5.32 Å². The smallest absolute Gasteiger partial charge is 0.303 e. The largest absolute Gasteiger partial charge is 0.329 e. The summed E-state index contributed by atoms with van der Waals surface area (Å²) in [6.07, 6.45) is 5.26. The van der Waals surface area contributed by atoms with Crippen molar-refractivity contribution in [3.05, 3.63) is 89.6 Å². The van der Waals surface area contributed by atoms with Gasteiger partial charge in [0.15, 0.2) is 0 Å². The van der Waals surface area contributed by atoms with E-state index in [-0.39, 0.29) is 18.1 Å². The van der Waals surface area contributed by atoms with E-state index in [1.54, 1.807) is 12.2 Å². The summed E-state index contributed by atoms with van der Waals surface area (Å²) in [5.74, 6) is -0.309. The summed E-state index contributed by atoms with van der Waals surface area (Å²) in [7, 11) is 0.